The normalized spacial score (nSPS) is 26.0. The number of thioether (sulfide) groups is 1. The lowest BCUT2D eigenvalue weighted by Gasteiger charge is -2.27. The standard InChI is InChI=1S/C13H20N2OS/c1-12(2)7-11(13(3,4)16-12)17-10-5-6-15-8-9(10)14/h5-6,8,11H,7,14H2,1-4H3. The molecule has 2 heterocycles. The van der Waals surface area contributed by atoms with Crippen molar-refractivity contribution in [2.75, 3.05) is 5.73 Å². The predicted octanol–water partition coefficient (Wildman–Crippen LogP) is 3.10. The van der Waals surface area contributed by atoms with Gasteiger partial charge in [-0.15, -0.1) is 11.8 Å². The molecule has 1 aromatic heterocycles. The van der Waals surface area contributed by atoms with Crippen LogP contribution in [0.2, 0.25) is 0 Å². The van der Waals surface area contributed by atoms with E-state index in [-0.39, 0.29) is 11.2 Å². The van der Waals surface area contributed by atoms with Crippen molar-refractivity contribution in [2.45, 2.75) is 55.5 Å². The Balaban J connectivity index is 2.17. The minimum Gasteiger partial charge on any atom is -0.397 e. The van der Waals surface area contributed by atoms with Crippen molar-refractivity contribution in [3.63, 3.8) is 0 Å². The van der Waals surface area contributed by atoms with Crippen LogP contribution in [0.15, 0.2) is 23.4 Å². The van der Waals surface area contributed by atoms with Crippen molar-refractivity contribution in [1.82, 2.24) is 4.98 Å². The molecule has 1 atom stereocenters. The molecule has 4 heteroatoms. The monoisotopic (exact) mass is 252 g/mol. The topological polar surface area (TPSA) is 48.1 Å². The van der Waals surface area contributed by atoms with Crippen LogP contribution in [-0.4, -0.2) is 21.4 Å². The van der Waals surface area contributed by atoms with Crippen LogP contribution in [0.3, 0.4) is 0 Å². The number of nitrogen functional groups attached to an aromatic ring is 1. The van der Waals surface area contributed by atoms with Crippen LogP contribution >= 0.6 is 11.8 Å². The summed E-state index contributed by atoms with van der Waals surface area (Å²) in [5.74, 6) is 0. The zero-order chi connectivity index (χ0) is 12.7. The first-order valence-corrected chi connectivity index (χ1v) is 6.74. The summed E-state index contributed by atoms with van der Waals surface area (Å²) in [4.78, 5) is 5.11. The summed E-state index contributed by atoms with van der Waals surface area (Å²) < 4.78 is 6.08. The van der Waals surface area contributed by atoms with E-state index in [4.69, 9.17) is 10.5 Å². The second-order valence-electron chi connectivity index (χ2n) is 5.69. The molecule has 0 amide bonds. The fraction of sp³-hybridized carbons (Fsp3) is 0.615. The van der Waals surface area contributed by atoms with Gasteiger partial charge in [0.05, 0.1) is 23.1 Å². The van der Waals surface area contributed by atoms with Gasteiger partial charge in [0.1, 0.15) is 0 Å². The molecule has 17 heavy (non-hydrogen) atoms. The van der Waals surface area contributed by atoms with Gasteiger partial charge in [0.25, 0.3) is 0 Å². The quantitative estimate of drug-likeness (QED) is 0.878. The van der Waals surface area contributed by atoms with Gasteiger partial charge in [0.2, 0.25) is 0 Å². The number of aromatic nitrogens is 1. The molecule has 0 radical (unpaired) electrons. The van der Waals surface area contributed by atoms with E-state index < -0.39 is 0 Å². The van der Waals surface area contributed by atoms with Gasteiger partial charge in [0.15, 0.2) is 0 Å². The first kappa shape index (κ1) is 12.7. The SMILES string of the molecule is CC1(C)CC(Sc2ccncc2N)C(C)(C)O1. The van der Waals surface area contributed by atoms with Crippen molar-refractivity contribution in [3.05, 3.63) is 18.5 Å². The van der Waals surface area contributed by atoms with Gasteiger partial charge in [-0.2, -0.15) is 0 Å². The van der Waals surface area contributed by atoms with Crippen molar-refractivity contribution in [3.8, 4) is 0 Å². The van der Waals surface area contributed by atoms with E-state index >= 15 is 0 Å². The largest absolute Gasteiger partial charge is 0.397 e. The molecule has 0 bridgehead atoms. The van der Waals surface area contributed by atoms with Gasteiger partial charge < -0.3 is 10.5 Å². The third-order valence-electron chi connectivity index (χ3n) is 3.07. The number of hydrogen-bond acceptors (Lipinski definition) is 4. The number of ether oxygens (including phenoxy) is 1. The number of pyridine rings is 1. The van der Waals surface area contributed by atoms with Crippen LogP contribution in [0, 0.1) is 0 Å². The summed E-state index contributed by atoms with van der Waals surface area (Å²) in [6.45, 7) is 8.59. The summed E-state index contributed by atoms with van der Waals surface area (Å²) in [7, 11) is 0. The predicted molar refractivity (Wildman–Crippen MR) is 72.2 cm³/mol. The first-order chi connectivity index (χ1) is 7.80. The Morgan fingerprint density at radius 1 is 1.41 bits per heavy atom. The summed E-state index contributed by atoms with van der Waals surface area (Å²) in [5.41, 5.74) is 6.51. The molecule has 0 aromatic carbocycles. The fourth-order valence-corrected chi connectivity index (χ4v) is 3.80. The average molecular weight is 252 g/mol. The minimum atomic E-state index is -0.121. The summed E-state index contributed by atoms with van der Waals surface area (Å²) >= 11 is 1.80. The number of nitrogens with zero attached hydrogens (tertiary/aromatic N) is 1. The highest BCUT2D eigenvalue weighted by molar-refractivity contribution is 8.00. The molecule has 94 valence electrons. The lowest BCUT2D eigenvalue weighted by atomic mass is 10.0. The molecular weight excluding hydrogens is 232 g/mol. The molecule has 0 saturated carbocycles. The molecule has 3 nitrogen and oxygen atoms in total. The molecule has 1 aliphatic rings. The van der Waals surface area contributed by atoms with E-state index in [0.29, 0.717) is 5.25 Å². The Kier molecular flexibility index (Phi) is 3.12. The highest BCUT2D eigenvalue weighted by atomic mass is 32.2. The van der Waals surface area contributed by atoms with Crippen LogP contribution in [0.5, 0.6) is 0 Å². The van der Waals surface area contributed by atoms with Gasteiger partial charge in [-0.3, -0.25) is 4.98 Å². The lowest BCUT2D eigenvalue weighted by molar-refractivity contribution is -0.0631. The smallest absolute Gasteiger partial charge is 0.0756 e. The highest BCUT2D eigenvalue weighted by Crippen LogP contribution is 2.46. The first-order valence-electron chi connectivity index (χ1n) is 5.86. The molecule has 0 aliphatic carbocycles. The maximum atomic E-state index is 6.08. The van der Waals surface area contributed by atoms with Crippen molar-refractivity contribution in [1.29, 1.82) is 0 Å². The van der Waals surface area contributed by atoms with Crippen molar-refractivity contribution in [2.24, 2.45) is 0 Å². The number of anilines is 1. The Morgan fingerprint density at radius 3 is 2.65 bits per heavy atom. The molecule has 1 saturated heterocycles. The molecule has 1 aromatic rings. The molecule has 1 aliphatic heterocycles. The maximum absolute atomic E-state index is 6.08. The van der Waals surface area contributed by atoms with E-state index in [9.17, 15) is 0 Å². The molecule has 2 N–H and O–H groups in total. The Bertz CT molecular complexity index is 418. The zero-order valence-corrected chi connectivity index (χ0v) is 11.7. The summed E-state index contributed by atoms with van der Waals surface area (Å²) in [6, 6.07) is 1.97. The Labute approximate surface area is 107 Å². The van der Waals surface area contributed by atoms with Gasteiger partial charge in [-0.25, -0.2) is 0 Å². The van der Waals surface area contributed by atoms with Crippen LogP contribution in [0.4, 0.5) is 5.69 Å². The van der Waals surface area contributed by atoms with E-state index in [2.05, 4.69) is 32.7 Å². The molecule has 1 unspecified atom stereocenters. The zero-order valence-electron chi connectivity index (χ0n) is 10.9. The molecule has 2 rings (SSSR count). The van der Waals surface area contributed by atoms with Crippen LogP contribution in [0.25, 0.3) is 0 Å². The third kappa shape index (κ3) is 2.75. The van der Waals surface area contributed by atoms with Gasteiger partial charge in [-0.05, 0) is 40.2 Å². The van der Waals surface area contributed by atoms with E-state index in [1.54, 1.807) is 24.2 Å². The van der Waals surface area contributed by atoms with Crippen molar-refractivity contribution < 1.29 is 4.74 Å². The number of hydrogen-bond donors (Lipinski definition) is 1. The molecule has 1 fully saturated rings. The highest BCUT2D eigenvalue weighted by Gasteiger charge is 2.46. The summed E-state index contributed by atoms with van der Waals surface area (Å²) in [5, 5.41) is 0.419. The second-order valence-corrected chi connectivity index (χ2v) is 6.93. The van der Waals surface area contributed by atoms with Crippen molar-refractivity contribution >= 4 is 17.4 Å². The van der Waals surface area contributed by atoms with Crippen LogP contribution in [0.1, 0.15) is 34.1 Å². The van der Waals surface area contributed by atoms with E-state index in [1.165, 1.54) is 0 Å². The number of nitrogens with two attached hydrogens (primary N) is 1. The van der Waals surface area contributed by atoms with Gasteiger partial charge in [-0.1, -0.05) is 0 Å². The van der Waals surface area contributed by atoms with E-state index in [1.807, 2.05) is 6.07 Å². The molecule has 0 spiro atoms. The second kappa shape index (κ2) is 4.18. The Hall–Kier alpha value is -0.740. The van der Waals surface area contributed by atoms with Gasteiger partial charge >= 0.3 is 0 Å². The molecular formula is C13H20N2OS. The maximum Gasteiger partial charge on any atom is 0.0756 e. The third-order valence-corrected chi connectivity index (χ3v) is 4.72. The average Bonchev–Trinajstić information content (AvgIpc) is 2.38. The lowest BCUT2D eigenvalue weighted by Crippen LogP contribution is -2.30. The number of rotatable bonds is 2. The van der Waals surface area contributed by atoms with E-state index in [0.717, 1.165) is 17.0 Å². The van der Waals surface area contributed by atoms with Gasteiger partial charge in [0, 0.05) is 16.3 Å². The summed E-state index contributed by atoms with van der Waals surface area (Å²) in [6.07, 6.45) is 4.52. The minimum absolute atomic E-state index is 0.0526. The fourth-order valence-electron chi connectivity index (χ4n) is 2.35. The van der Waals surface area contributed by atoms with Crippen LogP contribution in [-0.2, 0) is 4.74 Å². The van der Waals surface area contributed by atoms with Crippen LogP contribution < -0.4 is 5.73 Å². The Morgan fingerprint density at radius 2 is 2.12 bits per heavy atom.